The fourth-order valence-electron chi connectivity index (χ4n) is 10.2. The standard InChI is InChI=1S/C62H38F2N2O2/c63-41-19-11-21-43(35-41)65(55-27-13-25-51-47-23-7-9-29-57(47)67-61(51)55)45-32-34-50-53(37-45)59(39-15-3-1-4-16-39)49-33-31-46(38-54(49)60(50)40-17-5-2-6-18-40)66(44-22-12-20-42(64)36-44)56-28-14-26-52-48-24-8-10-30-58(48)68-62(52)56/h1-38H. The number of benzene rings is 11. The molecule has 11 aromatic carbocycles. The van der Waals surface area contributed by atoms with Crippen LogP contribution in [0.15, 0.2) is 239 Å². The molecular formula is C62H38F2N2O2. The van der Waals surface area contributed by atoms with E-state index in [-0.39, 0.29) is 11.6 Å². The second kappa shape index (κ2) is 15.9. The molecule has 2 heterocycles. The molecule has 0 N–H and O–H groups in total. The van der Waals surface area contributed by atoms with Crippen molar-refractivity contribution in [3.8, 4) is 22.3 Å². The van der Waals surface area contributed by atoms with Gasteiger partial charge in [0.25, 0.3) is 0 Å². The first-order valence-electron chi connectivity index (χ1n) is 22.6. The highest BCUT2D eigenvalue weighted by Crippen LogP contribution is 2.50. The van der Waals surface area contributed by atoms with Gasteiger partial charge in [-0.15, -0.1) is 0 Å². The van der Waals surface area contributed by atoms with Gasteiger partial charge in [0.05, 0.1) is 11.4 Å². The number of fused-ring (bicyclic) bond motifs is 8. The molecule has 0 bridgehead atoms. The highest BCUT2D eigenvalue weighted by Gasteiger charge is 2.25. The number of halogens is 2. The summed E-state index contributed by atoms with van der Waals surface area (Å²) in [5.41, 5.74) is 11.7. The predicted octanol–water partition coefficient (Wildman–Crippen LogP) is 18.3. The first-order chi connectivity index (χ1) is 33.6. The summed E-state index contributed by atoms with van der Waals surface area (Å²) in [7, 11) is 0. The largest absolute Gasteiger partial charge is 0.454 e. The van der Waals surface area contributed by atoms with Gasteiger partial charge in [0.1, 0.15) is 22.8 Å². The number of para-hydroxylation sites is 4. The molecule has 0 aliphatic heterocycles. The molecule has 13 aromatic rings. The van der Waals surface area contributed by atoms with Crippen molar-refractivity contribution >= 4 is 99.5 Å². The van der Waals surface area contributed by atoms with Crippen LogP contribution in [0.5, 0.6) is 0 Å². The minimum absolute atomic E-state index is 0.341. The number of hydrogen-bond acceptors (Lipinski definition) is 4. The van der Waals surface area contributed by atoms with Gasteiger partial charge in [-0.05, 0) is 129 Å². The van der Waals surface area contributed by atoms with E-state index in [9.17, 15) is 0 Å². The van der Waals surface area contributed by atoms with Crippen LogP contribution in [0.25, 0.3) is 87.7 Å². The van der Waals surface area contributed by atoms with Crippen LogP contribution in [0.1, 0.15) is 0 Å². The lowest BCUT2D eigenvalue weighted by atomic mass is 9.85. The van der Waals surface area contributed by atoms with Crippen molar-refractivity contribution < 1.29 is 17.6 Å². The Morgan fingerprint density at radius 3 is 1.10 bits per heavy atom. The van der Waals surface area contributed by atoms with Gasteiger partial charge in [-0.3, -0.25) is 0 Å². The third kappa shape index (κ3) is 6.41. The first-order valence-corrected chi connectivity index (χ1v) is 22.6. The third-order valence-electron chi connectivity index (χ3n) is 13.1. The summed E-state index contributed by atoms with van der Waals surface area (Å²) in [6, 6.07) is 75.8. The van der Waals surface area contributed by atoms with Gasteiger partial charge in [0.15, 0.2) is 11.2 Å². The van der Waals surface area contributed by atoms with Crippen LogP contribution in [-0.2, 0) is 0 Å². The molecule has 13 rings (SSSR count). The summed E-state index contributed by atoms with van der Waals surface area (Å²) in [6.07, 6.45) is 0. The van der Waals surface area contributed by atoms with Gasteiger partial charge in [0.2, 0.25) is 0 Å². The molecule has 0 aliphatic carbocycles. The Balaban J connectivity index is 1.11. The van der Waals surface area contributed by atoms with Crippen molar-refractivity contribution in [2.45, 2.75) is 0 Å². The monoisotopic (exact) mass is 880 g/mol. The molecule has 0 atom stereocenters. The Labute approximate surface area is 389 Å². The number of anilines is 6. The van der Waals surface area contributed by atoms with E-state index >= 15 is 8.78 Å². The van der Waals surface area contributed by atoms with E-state index in [0.717, 1.165) is 99.3 Å². The molecule has 0 saturated heterocycles. The maximum atomic E-state index is 15.4. The Kier molecular flexibility index (Phi) is 9.18. The molecular weight excluding hydrogens is 843 g/mol. The summed E-state index contributed by atoms with van der Waals surface area (Å²) < 4.78 is 44.0. The van der Waals surface area contributed by atoms with Crippen molar-refractivity contribution in [2.24, 2.45) is 0 Å². The number of rotatable bonds is 8. The average Bonchev–Trinajstić information content (AvgIpc) is 3.96. The van der Waals surface area contributed by atoms with Crippen molar-refractivity contribution in [2.75, 3.05) is 9.80 Å². The fraction of sp³-hybridized carbons (Fsp3) is 0. The van der Waals surface area contributed by atoms with Crippen molar-refractivity contribution in [1.82, 2.24) is 0 Å². The molecule has 0 aliphatic rings. The van der Waals surface area contributed by atoms with Crippen LogP contribution >= 0.6 is 0 Å². The maximum absolute atomic E-state index is 15.4. The summed E-state index contributed by atoms with van der Waals surface area (Å²) in [4.78, 5) is 4.18. The summed E-state index contributed by atoms with van der Waals surface area (Å²) >= 11 is 0. The van der Waals surface area contributed by atoms with Crippen molar-refractivity contribution in [3.05, 3.63) is 242 Å². The lowest BCUT2D eigenvalue weighted by molar-refractivity contribution is 0.627. The topological polar surface area (TPSA) is 32.8 Å². The molecule has 0 amide bonds. The molecule has 322 valence electrons. The third-order valence-corrected chi connectivity index (χ3v) is 13.1. The van der Waals surface area contributed by atoms with Crippen LogP contribution in [0.2, 0.25) is 0 Å². The molecule has 0 spiro atoms. The van der Waals surface area contributed by atoms with Crippen LogP contribution in [-0.4, -0.2) is 0 Å². The second-order valence-electron chi connectivity index (χ2n) is 17.1. The lowest BCUT2D eigenvalue weighted by Crippen LogP contribution is -2.11. The molecule has 4 nitrogen and oxygen atoms in total. The zero-order valence-corrected chi connectivity index (χ0v) is 36.4. The summed E-state index contributed by atoms with van der Waals surface area (Å²) in [5, 5.41) is 8.06. The molecule has 0 unspecified atom stereocenters. The second-order valence-corrected chi connectivity index (χ2v) is 17.1. The van der Waals surface area contributed by atoms with Gasteiger partial charge in [-0.1, -0.05) is 146 Å². The first kappa shape index (κ1) is 39.4. The van der Waals surface area contributed by atoms with Crippen LogP contribution in [0.3, 0.4) is 0 Å². The molecule has 0 fully saturated rings. The van der Waals surface area contributed by atoms with E-state index in [1.54, 1.807) is 24.3 Å². The van der Waals surface area contributed by atoms with Crippen LogP contribution < -0.4 is 9.80 Å². The van der Waals surface area contributed by atoms with E-state index in [0.29, 0.717) is 22.5 Å². The maximum Gasteiger partial charge on any atom is 0.159 e. The minimum Gasteiger partial charge on any atom is -0.454 e. The molecule has 0 radical (unpaired) electrons. The Hall–Kier alpha value is -9.00. The quantitative estimate of drug-likeness (QED) is 0.142. The number of nitrogens with zero attached hydrogens (tertiary/aromatic N) is 2. The SMILES string of the molecule is Fc1cccc(N(c2ccc3c(-c4ccccc4)c4cc(N(c5cccc(F)c5)c5cccc6c5oc5ccccc56)ccc4c(-c4ccccc4)c3c2)c2cccc3c2oc2ccccc23)c1. The van der Waals surface area contributed by atoms with Crippen LogP contribution in [0.4, 0.5) is 42.9 Å². The highest BCUT2D eigenvalue weighted by molar-refractivity contribution is 6.23. The Morgan fingerprint density at radius 1 is 0.279 bits per heavy atom. The van der Waals surface area contributed by atoms with Gasteiger partial charge in [-0.2, -0.15) is 0 Å². The smallest absolute Gasteiger partial charge is 0.159 e. The zero-order chi connectivity index (χ0) is 45.3. The van der Waals surface area contributed by atoms with E-state index in [2.05, 4.69) is 119 Å². The summed E-state index contributed by atoms with van der Waals surface area (Å²) in [6.45, 7) is 0. The molecule has 0 saturated carbocycles. The van der Waals surface area contributed by atoms with E-state index < -0.39 is 0 Å². The average molecular weight is 881 g/mol. The zero-order valence-electron chi connectivity index (χ0n) is 36.4. The van der Waals surface area contributed by atoms with E-state index in [4.69, 9.17) is 8.83 Å². The lowest BCUT2D eigenvalue weighted by Gasteiger charge is -2.28. The Bertz CT molecular complexity index is 3820. The Morgan fingerprint density at radius 2 is 0.662 bits per heavy atom. The number of furan rings is 2. The molecule has 68 heavy (non-hydrogen) atoms. The fourth-order valence-corrected chi connectivity index (χ4v) is 10.2. The highest BCUT2D eigenvalue weighted by atomic mass is 19.1. The van der Waals surface area contributed by atoms with E-state index in [1.807, 2.05) is 84.9 Å². The van der Waals surface area contributed by atoms with Gasteiger partial charge < -0.3 is 18.6 Å². The van der Waals surface area contributed by atoms with Gasteiger partial charge >= 0.3 is 0 Å². The van der Waals surface area contributed by atoms with Gasteiger partial charge in [-0.25, -0.2) is 8.78 Å². The van der Waals surface area contributed by atoms with Gasteiger partial charge in [0, 0.05) is 44.3 Å². The molecule has 2 aromatic heterocycles. The number of hydrogen-bond donors (Lipinski definition) is 0. The normalized spacial score (nSPS) is 11.7. The van der Waals surface area contributed by atoms with Crippen LogP contribution in [0, 0.1) is 11.6 Å². The van der Waals surface area contributed by atoms with Crippen molar-refractivity contribution in [1.29, 1.82) is 0 Å². The molecule has 6 heteroatoms. The minimum atomic E-state index is -0.341. The predicted molar refractivity (Wildman–Crippen MR) is 276 cm³/mol. The van der Waals surface area contributed by atoms with E-state index in [1.165, 1.54) is 12.1 Å². The van der Waals surface area contributed by atoms with Crippen molar-refractivity contribution in [3.63, 3.8) is 0 Å². The summed E-state index contributed by atoms with van der Waals surface area (Å²) in [5.74, 6) is -0.681.